The molecule has 0 saturated carbocycles. The molecule has 0 aromatic carbocycles. The van der Waals surface area contributed by atoms with Crippen LogP contribution < -0.4 is 5.32 Å². The maximum atomic E-state index is 11.3. The average molecular weight is 238 g/mol. The van der Waals surface area contributed by atoms with Crippen LogP contribution in [0.15, 0.2) is 16.5 Å². The number of aliphatic carboxylic acids is 1. The normalized spacial score (nSPS) is 19.1. The summed E-state index contributed by atoms with van der Waals surface area (Å²) in [5.74, 6) is -0.0835. The summed E-state index contributed by atoms with van der Waals surface area (Å²) >= 11 is 0. The van der Waals surface area contributed by atoms with Crippen LogP contribution in [0.3, 0.4) is 0 Å². The lowest BCUT2D eigenvalue weighted by molar-refractivity contribution is -0.139. The molecule has 1 aromatic heterocycles. The molecular formula is C12H18N2O3. The molecule has 0 spiro atoms. The van der Waals surface area contributed by atoms with Gasteiger partial charge in [-0.2, -0.15) is 0 Å². The van der Waals surface area contributed by atoms with Gasteiger partial charge in [0.25, 0.3) is 0 Å². The Morgan fingerprint density at radius 1 is 1.53 bits per heavy atom. The third-order valence-electron chi connectivity index (χ3n) is 3.05. The lowest BCUT2D eigenvalue weighted by Gasteiger charge is -2.28. The van der Waals surface area contributed by atoms with E-state index in [2.05, 4.69) is 10.2 Å². The Hall–Kier alpha value is -1.33. The van der Waals surface area contributed by atoms with Crippen LogP contribution in [0.2, 0.25) is 0 Å². The fraction of sp³-hybridized carbons (Fsp3) is 0.583. The van der Waals surface area contributed by atoms with Crippen molar-refractivity contribution in [2.75, 3.05) is 32.7 Å². The molecule has 1 fully saturated rings. The number of carboxylic acids is 1. The van der Waals surface area contributed by atoms with Crippen LogP contribution in [0.1, 0.15) is 17.4 Å². The van der Waals surface area contributed by atoms with E-state index >= 15 is 0 Å². The highest BCUT2D eigenvalue weighted by Gasteiger charge is 2.26. The predicted molar refractivity (Wildman–Crippen MR) is 63.1 cm³/mol. The first kappa shape index (κ1) is 12.1. The monoisotopic (exact) mass is 238 g/mol. The van der Waals surface area contributed by atoms with Crippen molar-refractivity contribution in [2.45, 2.75) is 12.8 Å². The maximum absolute atomic E-state index is 11.3. The quantitative estimate of drug-likeness (QED) is 0.806. The highest BCUT2D eigenvalue weighted by Crippen LogP contribution is 2.20. The standard InChI is InChI=1S/C12H18N2O3/c1-9-2-3-11(17-9)10(12(15)16)8-14-6-4-13-5-7-14/h2-3,10,13H,4-8H2,1H3,(H,15,16). The molecule has 2 heterocycles. The van der Waals surface area contributed by atoms with E-state index in [0.29, 0.717) is 12.3 Å². The molecular weight excluding hydrogens is 220 g/mol. The van der Waals surface area contributed by atoms with Gasteiger partial charge in [-0.05, 0) is 19.1 Å². The molecule has 94 valence electrons. The largest absolute Gasteiger partial charge is 0.481 e. The van der Waals surface area contributed by atoms with Crippen molar-refractivity contribution in [1.29, 1.82) is 0 Å². The molecule has 1 atom stereocenters. The molecule has 1 aliphatic heterocycles. The van der Waals surface area contributed by atoms with Crippen molar-refractivity contribution in [3.8, 4) is 0 Å². The Balaban J connectivity index is 2.04. The first-order valence-electron chi connectivity index (χ1n) is 5.89. The van der Waals surface area contributed by atoms with Gasteiger partial charge in [-0.1, -0.05) is 0 Å². The van der Waals surface area contributed by atoms with Gasteiger partial charge in [0, 0.05) is 32.7 Å². The zero-order chi connectivity index (χ0) is 12.3. The molecule has 5 nitrogen and oxygen atoms in total. The molecule has 0 aliphatic carbocycles. The number of carboxylic acid groups (broad SMARTS) is 1. The van der Waals surface area contributed by atoms with Gasteiger partial charge in [0.15, 0.2) is 0 Å². The van der Waals surface area contributed by atoms with Crippen molar-refractivity contribution in [1.82, 2.24) is 10.2 Å². The highest BCUT2D eigenvalue weighted by atomic mass is 16.4. The zero-order valence-corrected chi connectivity index (χ0v) is 9.98. The SMILES string of the molecule is Cc1ccc(C(CN2CCNCC2)C(=O)O)o1. The summed E-state index contributed by atoms with van der Waals surface area (Å²) in [6, 6.07) is 3.57. The van der Waals surface area contributed by atoms with E-state index in [1.165, 1.54) is 0 Å². The van der Waals surface area contributed by atoms with Crippen molar-refractivity contribution >= 4 is 5.97 Å². The van der Waals surface area contributed by atoms with Crippen molar-refractivity contribution in [3.05, 3.63) is 23.7 Å². The lowest BCUT2D eigenvalue weighted by Crippen LogP contribution is -2.45. The molecule has 2 rings (SSSR count). The number of nitrogens with one attached hydrogen (secondary N) is 1. The van der Waals surface area contributed by atoms with E-state index < -0.39 is 11.9 Å². The number of aryl methyl sites for hydroxylation is 1. The number of piperazine rings is 1. The minimum Gasteiger partial charge on any atom is -0.481 e. The van der Waals surface area contributed by atoms with Crippen LogP contribution in [0.4, 0.5) is 0 Å². The topological polar surface area (TPSA) is 65.7 Å². The first-order chi connectivity index (χ1) is 8.16. The fourth-order valence-corrected chi connectivity index (χ4v) is 2.08. The van der Waals surface area contributed by atoms with Crippen LogP contribution in [0.5, 0.6) is 0 Å². The van der Waals surface area contributed by atoms with Crippen LogP contribution in [0.25, 0.3) is 0 Å². The number of rotatable bonds is 4. The van der Waals surface area contributed by atoms with E-state index in [1.807, 2.05) is 13.0 Å². The van der Waals surface area contributed by atoms with E-state index in [0.717, 1.165) is 31.9 Å². The number of hydrogen-bond donors (Lipinski definition) is 2. The predicted octanol–water partition coefficient (Wildman–Crippen LogP) is 0.661. The number of furan rings is 1. The second-order valence-electron chi connectivity index (χ2n) is 4.39. The molecule has 0 bridgehead atoms. The molecule has 0 amide bonds. The molecule has 5 heteroatoms. The van der Waals surface area contributed by atoms with Crippen LogP contribution in [-0.2, 0) is 4.79 Å². The van der Waals surface area contributed by atoms with E-state index in [-0.39, 0.29) is 0 Å². The summed E-state index contributed by atoms with van der Waals surface area (Å²) < 4.78 is 5.43. The van der Waals surface area contributed by atoms with Gasteiger partial charge >= 0.3 is 5.97 Å². The van der Waals surface area contributed by atoms with Gasteiger partial charge < -0.3 is 14.8 Å². The number of carbonyl (C=O) groups is 1. The Morgan fingerprint density at radius 3 is 2.76 bits per heavy atom. The van der Waals surface area contributed by atoms with Gasteiger partial charge in [0.2, 0.25) is 0 Å². The molecule has 1 unspecified atom stereocenters. The average Bonchev–Trinajstić information content (AvgIpc) is 2.73. The molecule has 1 aliphatic rings. The maximum Gasteiger partial charge on any atom is 0.315 e. The van der Waals surface area contributed by atoms with Crippen molar-refractivity contribution < 1.29 is 14.3 Å². The summed E-state index contributed by atoms with van der Waals surface area (Å²) in [5, 5.41) is 12.5. The Labute approximate surface area is 100 Å². The minimum absolute atomic E-state index is 0.518. The summed E-state index contributed by atoms with van der Waals surface area (Å²) in [7, 11) is 0. The number of hydrogen-bond acceptors (Lipinski definition) is 4. The lowest BCUT2D eigenvalue weighted by atomic mass is 10.1. The Morgan fingerprint density at radius 2 is 2.24 bits per heavy atom. The third kappa shape index (κ3) is 3.08. The molecule has 1 aromatic rings. The van der Waals surface area contributed by atoms with E-state index in [4.69, 9.17) is 4.42 Å². The smallest absolute Gasteiger partial charge is 0.315 e. The summed E-state index contributed by atoms with van der Waals surface area (Å²) in [4.78, 5) is 13.4. The molecule has 17 heavy (non-hydrogen) atoms. The van der Waals surface area contributed by atoms with Gasteiger partial charge in [0.1, 0.15) is 17.4 Å². The summed E-state index contributed by atoms with van der Waals surface area (Å²) in [6.45, 7) is 5.97. The zero-order valence-electron chi connectivity index (χ0n) is 9.98. The van der Waals surface area contributed by atoms with Gasteiger partial charge in [0.05, 0.1) is 0 Å². The van der Waals surface area contributed by atoms with E-state index in [9.17, 15) is 9.90 Å². The van der Waals surface area contributed by atoms with Crippen LogP contribution in [0, 0.1) is 6.92 Å². The Bertz CT molecular complexity index is 383. The molecule has 1 saturated heterocycles. The van der Waals surface area contributed by atoms with Crippen molar-refractivity contribution in [3.63, 3.8) is 0 Å². The second kappa shape index (κ2) is 5.33. The van der Waals surface area contributed by atoms with Crippen LogP contribution >= 0.6 is 0 Å². The fourth-order valence-electron chi connectivity index (χ4n) is 2.08. The summed E-state index contributed by atoms with van der Waals surface area (Å²) in [6.07, 6.45) is 0. The highest BCUT2D eigenvalue weighted by molar-refractivity contribution is 5.75. The Kier molecular flexibility index (Phi) is 3.81. The summed E-state index contributed by atoms with van der Waals surface area (Å²) in [5.41, 5.74) is 0. The van der Waals surface area contributed by atoms with Crippen LogP contribution in [-0.4, -0.2) is 48.7 Å². The first-order valence-corrected chi connectivity index (χ1v) is 5.89. The van der Waals surface area contributed by atoms with Gasteiger partial charge in [-0.15, -0.1) is 0 Å². The third-order valence-corrected chi connectivity index (χ3v) is 3.05. The second-order valence-corrected chi connectivity index (χ2v) is 4.39. The van der Waals surface area contributed by atoms with E-state index in [1.54, 1.807) is 6.07 Å². The van der Waals surface area contributed by atoms with Gasteiger partial charge in [-0.3, -0.25) is 9.69 Å². The minimum atomic E-state index is -0.821. The number of nitrogens with zero attached hydrogens (tertiary/aromatic N) is 1. The van der Waals surface area contributed by atoms with Crippen molar-refractivity contribution in [2.24, 2.45) is 0 Å². The molecule has 0 radical (unpaired) electrons. The molecule has 2 N–H and O–H groups in total. The van der Waals surface area contributed by atoms with Gasteiger partial charge in [-0.25, -0.2) is 0 Å².